The number of urea groups is 1. The van der Waals surface area contributed by atoms with Crippen LogP contribution in [0.4, 0.5) is 10.5 Å². The Balaban J connectivity index is 1.79. The van der Waals surface area contributed by atoms with Crippen molar-refractivity contribution in [1.82, 2.24) is 9.97 Å². The van der Waals surface area contributed by atoms with Gasteiger partial charge in [0.25, 0.3) is 5.56 Å². The minimum atomic E-state index is -0.735. The van der Waals surface area contributed by atoms with Crippen LogP contribution in [0.25, 0.3) is 10.2 Å². The van der Waals surface area contributed by atoms with Crippen molar-refractivity contribution in [1.29, 1.82) is 0 Å². The maximum atomic E-state index is 12.3. The van der Waals surface area contributed by atoms with Crippen LogP contribution in [-0.4, -0.2) is 22.0 Å². The normalized spacial score (nSPS) is 12.0. The number of nitrogens with zero attached hydrogens (tertiary/aromatic N) is 1. The van der Waals surface area contributed by atoms with E-state index in [-0.39, 0.29) is 11.4 Å². The number of hydrogen-bond acceptors (Lipinski definition) is 6. The number of ether oxygens (including phenoxy) is 1. The summed E-state index contributed by atoms with van der Waals surface area (Å²) >= 11 is 1.43. The largest absolute Gasteiger partial charge is 0.451 e. The van der Waals surface area contributed by atoms with Crippen LogP contribution in [0.2, 0.25) is 0 Å². The molecule has 0 aliphatic carbocycles. The Morgan fingerprint density at radius 2 is 1.93 bits per heavy atom. The number of anilines is 1. The predicted molar refractivity (Wildman–Crippen MR) is 103 cm³/mol. The van der Waals surface area contributed by atoms with E-state index < -0.39 is 18.1 Å². The van der Waals surface area contributed by atoms with E-state index in [9.17, 15) is 14.4 Å². The SMILES string of the molecule is Cc1sc2nc(C(C)OC(=O)c3ccc(NC(N)=O)cc3)[nH]c(=O)c2c1C. The summed E-state index contributed by atoms with van der Waals surface area (Å²) < 4.78 is 5.41. The van der Waals surface area contributed by atoms with Crippen molar-refractivity contribution in [2.24, 2.45) is 5.73 Å². The number of rotatable bonds is 4. The summed E-state index contributed by atoms with van der Waals surface area (Å²) in [5.74, 6) is -0.288. The van der Waals surface area contributed by atoms with Crippen molar-refractivity contribution in [3.63, 3.8) is 0 Å². The van der Waals surface area contributed by atoms with Gasteiger partial charge in [-0.25, -0.2) is 14.6 Å². The summed E-state index contributed by atoms with van der Waals surface area (Å²) in [4.78, 5) is 44.3. The minimum absolute atomic E-state index is 0.248. The number of primary amides is 1. The highest BCUT2D eigenvalue weighted by atomic mass is 32.1. The zero-order valence-electron chi connectivity index (χ0n) is 15.0. The third-order valence-corrected chi connectivity index (χ3v) is 5.22. The van der Waals surface area contributed by atoms with Crippen molar-refractivity contribution in [2.45, 2.75) is 26.9 Å². The average molecular weight is 386 g/mol. The van der Waals surface area contributed by atoms with Gasteiger partial charge in [-0.05, 0) is 50.6 Å². The molecule has 0 fully saturated rings. The number of aromatic amines is 1. The van der Waals surface area contributed by atoms with E-state index in [0.717, 1.165) is 10.4 Å². The number of amides is 2. The van der Waals surface area contributed by atoms with Crippen molar-refractivity contribution in [3.05, 3.63) is 56.4 Å². The lowest BCUT2D eigenvalue weighted by Crippen LogP contribution is -2.19. The molecule has 0 aliphatic rings. The van der Waals surface area contributed by atoms with Gasteiger partial charge in [-0.1, -0.05) is 0 Å². The number of fused-ring (bicyclic) bond motifs is 1. The van der Waals surface area contributed by atoms with E-state index in [1.165, 1.54) is 35.6 Å². The second-order valence-electron chi connectivity index (χ2n) is 6.03. The van der Waals surface area contributed by atoms with Crippen LogP contribution in [0, 0.1) is 13.8 Å². The standard InChI is InChI=1S/C18H18N4O4S/c1-8-10(3)27-16-13(8)15(23)21-14(22-16)9(2)26-17(24)11-4-6-12(7-5-11)20-18(19)25/h4-7,9H,1-3H3,(H3,19,20,25)(H,21,22,23). The molecule has 2 aromatic heterocycles. The first-order valence-electron chi connectivity index (χ1n) is 8.13. The summed E-state index contributed by atoms with van der Waals surface area (Å²) in [5, 5.41) is 2.97. The fraction of sp³-hybridized carbons (Fsp3) is 0.222. The Morgan fingerprint density at radius 3 is 2.56 bits per heavy atom. The monoisotopic (exact) mass is 386 g/mol. The molecule has 0 bridgehead atoms. The van der Waals surface area contributed by atoms with Crippen molar-refractivity contribution in [2.75, 3.05) is 5.32 Å². The number of aromatic nitrogens is 2. The highest BCUT2D eigenvalue weighted by molar-refractivity contribution is 7.18. The molecule has 27 heavy (non-hydrogen) atoms. The number of hydrogen-bond donors (Lipinski definition) is 3. The summed E-state index contributed by atoms with van der Waals surface area (Å²) in [6.45, 7) is 5.45. The Labute approximate surface area is 158 Å². The topological polar surface area (TPSA) is 127 Å². The smallest absolute Gasteiger partial charge is 0.338 e. The average Bonchev–Trinajstić information content (AvgIpc) is 2.89. The first kappa shape index (κ1) is 18.6. The summed E-state index contributed by atoms with van der Waals surface area (Å²) in [6, 6.07) is 5.39. The molecule has 140 valence electrons. The molecule has 0 aliphatic heterocycles. The lowest BCUT2D eigenvalue weighted by Gasteiger charge is -2.13. The molecule has 3 rings (SSSR count). The predicted octanol–water partition coefficient (Wildman–Crippen LogP) is 3.01. The molecule has 2 amide bonds. The van der Waals surface area contributed by atoms with E-state index >= 15 is 0 Å². The molecule has 1 unspecified atom stereocenters. The third kappa shape index (κ3) is 3.82. The molecule has 0 saturated heterocycles. The number of aryl methyl sites for hydroxylation is 2. The van der Waals surface area contributed by atoms with Gasteiger partial charge in [0, 0.05) is 10.6 Å². The van der Waals surface area contributed by atoms with E-state index in [0.29, 0.717) is 21.5 Å². The Kier molecular flexibility index (Phi) is 4.95. The first-order chi connectivity index (χ1) is 12.8. The van der Waals surface area contributed by atoms with Crippen LogP contribution in [0.15, 0.2) is 29.1 Å². The molecule has 0 saturated carbocycles. The number of benzene rings is 1. The van der Waals surface area contributed by atoms with Gasteiger partial charge >= 0.3 is 12.0 Å². The van der Waals surface area contributed by atoms with Gasteiger partial charge in [-0.15, -0.1) is 11.3 Å². The maximum Gasteiger partial charge on any atom is 0.338 e. The molecule has 2 heterocycles. The van der Waals surface area contributed by atoms with Crippen molar-refractivity contribution in [3.8, 4) is 0 Å². The molecular formula is C18H18N4O4S. The lowest BCUT2D eigenvalue weighted by molar-refractivity contribution is 0.0320. The van der Waals surface area contributed by atoms with Crippen molar-refractivity contribution < 1.29 is 14.3 Å². The molecule has 8 nitrogen and oxygen atoms in total. The van der Waals surface area contributed by atoms with E-state index in [2.05, 4.69) is 15.3 Å². The molecule has 9 heteroatoms. The summed E-state index contributed by atoms with van der Waals surface area (Å²) in [7, 11) is 0. The van der Waals surface area contributed by atoms with Crippen LogP contribution >= 0.6 is 11.3 Å². The quantitative estimate of drug-likeness (QED) is 0.594. The molecule has 0 spiro atoms. The van der Waals surface area contributed by atoms with Gasteiger partial charge in [0.05, 0.1) is 10.9 Å². The third-order valence-electron chi connectivity index (χ3n) is 4.11. The van der Waals surface area contributed by atoms with Crippen LogP contribution in [0.3, 0.4) is 0 Å². The second kappa shape index (κ2) is 7.20. The van der Waals surface area contributed by atoms with Gasteiger partial charge in [0.15, 0.2) is 11.9 Å². The fourth-order valence-electron chi connectivity index (χ4n) is 2.58. The number of nitrogens with one attached hydrogen (secondary N) is 2. The van der Waals surface area contributed by atoms with Gasteiger partial charge in [0.2, 0.25) is 0 Å². The van der Waals surface area contributed by atoms with Crippen LogP contribution < -0.4 is 16.6 Å². The fourth-order valence-corrected chi connectivity index (χ4v) is 3.62. The molecule has 3 aromatic rings. The van der Waals surface area contributed by atoms with Gasteiger partial charge in [0.1, 0.15) is 4.83 Å². The molecule has 1 aromatic carbocycles. The van der Waals surface area contributed by atoms with Crippen molar-refractivity contribution >= 4 is 39.2 Å². The number of esters is 1. The molecule has 0 radical (unpaired) electrons. The number of nitrogens with two attached hydrogens (primary N) is 1. The molecule has 1 atom stereocenters. The van der Waals surface area contributed by atoms with E-state index in [1.807, 2.05) is 13.8 Å². The van der Waals surface area contributed by atoms with E-state index in [4.69, 9.17) is 10.5 Å². The Morgan fingerprint density at radius 1 is 1.26 bits per heavy atom. The zero-order valence-corrected chi connectivity index (χ0v) is 15.8. The minimum Gasteiger partial charge on any atom is -0.451 e. The Hall–Kier alpha value is -3.20. The highest BCUT2D eigenvalue weighted by Crippen LogP contribution is 2.27. The second-order valence-corrected chi connectivity index (χ2v) is 7.23. The number of carbonyl (C=O) groups excluding carboxylic acids is 2. The first-order valence-corrected chi connectivity index (χ1v) is 8.95. The lowest BCUT2D eigenvalue weighted by atomic mass is 10.2. The number of H-pyrrole nitrogens is 1. The van der Waals surface area contributed by atoms with Crippen LogP contribution in [0.5, 0.6) is 0 Å². The van der Waals surface area contributed by atoms with Crippen LogP contribution in [-0.2, 0) is 4.74 Å². The molecular weight excluding hydrogens is 368 g/mol. The van der Waals surface area contributed by atoms with Gasteiger partial charge in [-0.2, -0.15) is 0 Å². The number of carbonyl (C=O) groups is 2. The highest BCUT2D eigenvalue weighted by Gasteiger charge is 2.19. The van der Waals surface area contributed by atoms with E-state index in [1.54, 1.807) is 6.92 Å². The Bertz CT molecular complexity index is 1090. The van der Waals surface area contributed by atoms with Crippen LogP contribution in [0.1, 0.15) is 39.7 Å². The summed E-state index contributed by atoms with van der Waals surface area (Å²) in [5.41, 5.74) is 6.46. The van der Waals surface area contributed by atoms with Gasteiger partial charge < -0.3 is 20.8 Å². The molecule has 4 N–H and O–H groups in total. The summed E-state index contributed by atoms with van der Waals surface area (Å²) in [6.07, 6.45) is -0.735. The zero-order chi connectivity index (χ0) is 19.7. The van der Waals surface area contributed by atoms with Gasteiger partial charge in [-0.3, -0.25) is 4.79 Å². The number of thiophene rings is 1. The maximum absolute atomic E-state index is 12.3.